The van der Waals surface area contributed by atoms with Gasteiger partial charge in [-0.25, -0.2) is 13.8 Å². The van der Waals surface area contributed by atoms with Crippen LogP contribution in [0, 0.1) is 18.2 Å². The Morgan fingerprint density at radius 3 is 2.77 bits per heavy atom. The number of allylic oxidation sites excluding steroid dienone is 1. The lowest BCUT2D eigenvalue weighted by Crippen LogP contribution is -2.50. The maximum absolute atomic E-state index is 15.1. The van der Waals surface area contributed by atoms with E-state index < -0.39 is 12.5 Å². The number of benzene rings is 2. The fraction of sp³-hybridized carbons (Fsp3) is 0.463. The second kappa shape index (κ2) is 16.1. The van der Waals surface area contributed by atoms with Gasteiger partial charge in [0, 0.05) is 66.4 Å². The number of piperazine rings is 1. The highest BCUT2D eigenvalue weighted by Crippen LogP contribution is 2.43. The van der Waals surface area contributed by atoms with E-state index in [9.17, 15) is 4.39 Å². The van der Waals surface area contributed by atoms with E-state index in [1.165, 1.54) is 6.07 Å². The molecule has 0 radical (unpaired) electrons. The van der Waals surface area contributed by atoms with Crippen molar-refractivity contribution in [3.63, 3.8) is 0 Å². The molecule has 53 heavy (non-hydrogen) atoms. The molecule has 12 heteroatoms. The minimum atomic E-state index is -0.867. The minimum Gasteiger partial charge on any atom is -0.474 e. The summed E-state index contributed by atoms with van der Waals surface area (Å²) in [6.07, 6.45) is 14.2. The van der Waals surface area contributed by atoms with Crippen LogP contribution in [-0.2, 0) is 11.2 Å². The van der Waals surface area contributed by atoms with Crippen LogP contribution < -0.4 is 10.1 Å². The largest absolute Gasteiger partial charge is 0.474 e. The monoisotopic (exact) mass is 723 g/mol. The molecule has 4 atom stereocenters. The zero-order chi connectivity index (χ0) is 37.0. The second-order valence-corrected chi connectivity index (χ2v) is 14.3. The predicted octanol–water partition coefficient (Wildman–Crippen LogP) is 6.36. The van der Waals surface area contributed by atoms with Crippen LogP contribution >= 0.6 is 0 Å². The summed E-state index contributed by atoms with van der Waals surface area (Å²) in [6.45, 7) is 12.6. The van der Waals surface area contributed by atoms with Crippen molar-refractivity contribution < 1.29 is 22.8 Å². The third-order valence-electron chi connectivity index (χ3n) is 11.2. The van der Waals surface area contributed by atoms with E-state index >= 15 is 4.39 Å². The number of aliphatic imine (C=N–C) groups is 3. The van der Waals surface area contributed by atoms with Gasteiger partial charge in [0.2, 0.25) is 0 Å². The van der Waals surface area contributed by atoms with Gasteiger partial charge in [0.1, 0.15) is 37.4 Å². The molecular weight excluding hydrogens is 676 g/mol. The number of ether oxygens (including phenoxy) is 2. The summed E-state index contributed by atoms with van der Waals surface area (Å²) in [7, 11) is 0. The zero-order valence-electron chi connectivity index (χ0n) is 30.3. The lowest BCUT2D eigenvalue weighted by atomic mass is 9.95. The van der Waals surface area contributed by atoms with Crippen molar-refractivity contribution in [3.8, 4) is 18.2 Å². The van der Waals surface area contributed by atoms with Crippen LogP contribution in [0.4, 0.5) is 8.78 Å². The Balaban J connectivity index is 1.11. The highest BCUT2D eigenvalue weighted by Gasteiger charge is 2.49. The molecule has 0 saturated carbocycles. The quantitative estimate of drug-likeness (QED) is 0.111. The standard InChI is InChI=1S/C41H47F2N7O3/c1-5-32-19-38(48-53-32)52-24-31-15-17-41(16-8-18-50(31)41)25-51-26-46-37(20-42)35(40(44-4)49-22-29-12-13-30(23-49)47-29)21-45-27(3)34-10-7-9-28-11-14-36(43)33(6-2)39(28)34/h2,7,9-11,14,19,21,29-31,47H,3-5,8,12-13,15-18,20,22-26H2,1H3/b40-35+,45-21?,46-37?/t29?,30?,31-,41+/m0/s1. The fourth-order valence-corrected chi connectivity index (χ4v) is 8.59. The van der Waals surface area contributed by atoms with E-state index in [-0.39, 0.29) is 29.6 Å². The van der Waals surface area contributed by atoms with Crippen LogP contribution in [0.1, 0.15) is 62.3 Å². The Labute approximate surface area is 309 Å². The molecule has 1 N–H and O–H groups in total. The summed E-state index contributed by atoms with van der Waals surface area (Å²) >= 11 is 0. The van der Waals surface area contributed by atoms with Crippen LogP contribution in [0.15, 0.2) is 73.9 Å². The van der Waals surface area contributed by atoms with Crippen molar-refractivity contribution in [2.24, 2.45) is 15.0 Å². The molecule has 0 aliphatic carbocycles. The smallest absolute Gasteiger partial charge is 0.254 e. The molecule has 2 aromatic carbocycles. The Hall–Kier alpha value is -4.70. The number of fused-ring (bicyclic) bond motifs is 4. The van der Waals surface area contributed by atoms with Crippen LogP contribution in [-0.4, -0.2) is 104 Å². The van der Waals surface area contributed by atoms with Crippen LogP contribution in [0.25, 0.3) is 16.5 Å². The van der Waals surface area contributed by atoms with Crippen molar-refractivity contribution in [3.05, 3.63) is 77.1 Å². The molecule has 4 saturated heterocycles. The van der Waals surface area contributed by atoms with Crippen molar-refractivity contribution in [2.45, 2.75) is 75.5 Å². The van der Waals surface area contributed by atoms with Crippen LogP contribution in [0.2, 0.25) is 0 Å². The van der Waals surface area contributed by atoms with E-state index in [4.69, 9.17) is 25.4 Å². The van der Waals surface area contributed by atoms with Crippen molar-refractivity contribution in [2.75, 3.05) is 46.3 Å². The maximum Gasteiger partial charge on any atom is 0.254 e. The van der Waals surface area contributed by atoms with Gasteiger partial charge in [0.25, 0.3) is 5.88 Å². The van der Waals surface area contributed by atoms with Crippen LogP contribution in [0.3, 0.4) is 0 Å². The fourth-order valence-electron chi connectivity index (χ4n) is 8.59. The summed E-state index contributed by atoms with van der Waals surface area (Å²) in [4.78, 5) is 18.4. The van der Waals surface area contributed by atoms with E-state index in [1.807, 2.05) is 25.1 Å². The first-order chi connectivity index (χ1) is 25.9. The van der Waals surface area contributed by atoms with E-state index in [2.05, 4.69) is 49.5 Å². The molecule has 4 aliphatic rings. The predicted molar refractivity (Wildman–Crippen MR) is 205 cm³/mol. The molecule has 3 aromatic rings. The molecular formula is C41H47F2N7O3. The SMILES string of the molecule is C#Cc1c(F)ccc2cccc(C(=C)N=C/C(C(CF)=NCOC[C@]34CCCN3[C@H](COc3cc(CC)on3)CC4)=C(/N=C)N3CC4CCC(C3)N4)c12. The number of aryl methyl sites for hydroxylation is 1. The highest BCUT2D eigenvalue weighted by atomic mass is 19.1. The third-order valence-corrected chi connectivity index (χ3v) is 11.2. The first kappa shape index (κ1) is 36.6. The Morgan fingerprint density at radius 2 is 2.04 bits per heavy atom. The number of alkyl halides is 1. The average Bonchev–Trinajstić information content (AvgIpc) is 3.96. The van der Waals surface area contributed by atoms with Crippen LogP contribution in [0.5, 0.6) is 5.88 Å². The number of aromatic nitrogens is 1. The third kappa shape index (κ3) is 7.56. The van der Waals surface area contributed by atoms with Gasteiger partial charge in [-0.3, -0.25) is 14.9 Å². The number of rotatable bonds is 15. The maximum atomic E-state index is 15.1. The van der Waals surface area contributed by atoms with E-state index in [0.717, 1.165) is 62.6 Å². The number of halogens is 2. The Morgan fingerprint density at radius 1 is 1.21 bits per heavy atom. The molecule has 4 fully saturated rings. The Kier molecular flexibility index (Phi) is 11.1. The van der Waals surface area contributed by atoms with Gasteiger partial charge in [0.15, 0.2) is 0 Å². The van der Waals surface area contributed by atoms with Gasteiger partial charge in [-0.15, -0.1) is 6.42 Å². The van der Waals surface area contributed by atoms with E-state index in [1.54, 1.807) is 18.3 Å². The van der Waals surface area contributed by atoms with Gasteiger partial charge in [-0.2, -0.15) is 0 Å². The van der Waals surface area contributed by atoms with Crippen molar-refractivity contribution in [1.29, 1.82) is 0 Å². The number of nitrogens with zero attached hydrogens (tertiary/aromatic N) is 6. The van der Waals surface area contributed by atoms with Gasteiger partial charge in [0.05, 0.1) is 29.2 Å². The van der Waals surface area contributed by atoms with Gasteiger partial charge in [-0.05, 0) is 68.4 Å². The average molecular weight is 724 g/mol. The van der Waals surface area contributed by atoms with Gasteiger partial charge < -0.3 is 24.2 Å². The first-order valence-electron chi connectivity index (χ1n) is 18.5. The molecule has 0 amide bonds. The molecule has 2 unspecified atom stereocenters. The minimum absolute atomic E-state index is 0.0294. The second-order valence-electron chi connectivity index (χ2n) is 14.3. The normalized spacial score (nSPS) is 24.8. The molecule has 7 rings (SSSR count). The summed E-state index contributed by atoms with van der Waals surface area (Å²) in [5.74, 6) is 3.80. The number of terminal acetylenes is 1. The summed E-state index contributed by atoms with van der Waals surface area (Å²) in [5, 5.41) is 8.96. The lowest BCUT2D eigenvalue weighted by molar-refractivity contribution is 0.0199. The highest BCUT2D eigenvalue weighted by molar-refractivity contribution is 6.18. The number of likely N-dealkylation sites (tertiary alicyclic amines) is 1. The van der Waals surface area contributed by atoms with Gasteiger partial charge in [-0.1, -0.05) is 43.7 Å². The topological polar surface area (TPSA) is 100 Å². The van der Waals surface area contributed by atoms with E-state index in [0.29, 0.717) is 72.3 Å². The summed E-state index contributed by atoms with van der Waals surface area (Å²) in [6, 6.07) is 11.2. The summed E-state index contributed by atoms with van der Waals surface area (Å²) in [5.41, 5.74) is 1.49. The lowest BCUT2D eigenvalue weighted by Gasteiger charge is -2.35. The molecule has 2 bridgehead atoms. The number of nitrogens with one attached hydrogen (secondary N) is 1. The molecule has 1 aromatic heterocycles. The van der Waals surface area contributed by atoms with Gasteiger partial charge >= 0.3 is 0 Å². The first-order valence-corrected chi connectivity index (χ1v) is 18.5. The molecule has 5 heterocycles. The molecule has 0 spiro atoms. The summed E-state index contributed by atoms with van der Waals surface area (Å²) < 4.78 is 47.4. The molecule has 4 aliphatic heterocycles. The number of hydrogen-bond donors (Lipinski definition) is 1. The molecule has 10 nitrogen and oxygen atoms in total. The number of hydrogen-bond acceptors (Lipinski definition) is 10. The van der Waals surface area contributed by atoms with Crippen molar-refractivity contribution in [1.82, 2.24) is 20.3 Å². The van der Waals surface area contributed by atoms with Crippen molar-refractivity contribution >= 4 is 35.1 Å². The Bertz CT molecular complexity index is 1970. The zero-order valence-corrected chi connectivity index (χ0v) is 30.3. The molecule has 278 valence electrons.